The van der Waals surface area contributed by atoms with Crippen molar-refractivity contribution in [2.75, 3.05) is 32.7 Å². The van der Waals surface area contributed by atoms with E-state index >= 15 is 0 Å². The van der Waals surface area contributed by atoms with Gasteiger partial charge in [0.05, 0.1) is 5.56 Å². The highest BCUT2D eigenvalue weighted by Gasteiger charge is 2.38. The minimum absolute atomic E-state index is 0.144. The largest absolute Gasteiger partial charge is 0.490 e. The molecule has 0 unspecified atom stereocenters. The minimum Gasteiger partial charge on any atom is -0.478 e. The van der Waals surface area contributed by atoms with Crippen molar-refractivity contribution >= 4 is 11.9 Å². The third-order valence-electron chi connectivity index (χ3n) is 3.93. The molecule has 0 radical (unpaired) electrons. The van der Waals surface area contributed by atoms with Gasteiger partial charge in [-0.15, -0.1) is 0 Å². The van der Waals surface area contributed by atoms with Gasteiger partial charge >= 0.3 is 18.1 Å². The zero-order chi connectivity index (χ0) is 20.6. The zero-order valence-corrected chi connectivity index (χ0v) is 14.8. The van der Waals surface area contributed by atoms with E-state index in [4.69, 9.17) is 15.0 Å². The Kier molecular flexibility index (Phi) is 8.64. The second-order valence-corrected chi connectivity index (χ2v) is 6.03. The van der Waals surface area contributed by atoms with E-state index in [1.807, 2.05) is 0 Å². The van der Waals surface area contributed by atoms with Crippen LogP contribution in [0, 0.1) is 5.82 Å². The van der Waals surface area contributed by atoms with Gasteiger partial charge in [-0.05, 0) is 31.2 Å². The van der Waals surface area contributed by atoms with Gasteiger partial charge in [0.2, 0.25) is 0 Å². The Morgan fingerprint density at radius 2 is 1.59 bits per heavy atom. The van der Waals surface area contributed by atoms with Crippen LogP contribution in [0.1, 0.15) is 29.3 Å². The molecule has 10 heteroatoms. The average Bonchev–Trinajstić information content (AvgIpc) is 2.58. The molecule has 0 bridgehead atoms. The SMILES string of the molecule is CCCN1CCN(Cc2cc(C(=O)O)ccc2F)CC1.O=C(O)C(F)(F)F. The maximum atomic E-state index is 13.8. The van der Waals surface area contributed by atoms with Crippen LogP contribution in [0.5, 0.6) is 0 Å². The van der Waals surface area contributed by atoms with Crippen LogP contribution in [-0.4, -0.2) is 70.9 Å². The monoisotopic (exact) mass is 394 g/mol. The number of carboxylic acid groups (broad SMARTS) is 2. The van der Waals surface area contributed by atoms with Crippen LogP contribution in [0.15, 0.2) is 18.2 Å². The van der Waals surface area contributed by atoms with Gasteiger partial charge < -0.3 is 15.1 Å². The molecule has 1 fully saturated rings. The summed E-state index contributed by atoms with van der Waals surface area (Å²) in [5, 5.41) is 16.1. The van der Waals surface area contributed by atoms with Gasteiger partial charge in [0.15, 0.2) is 0 Å². The molecule has 0 amide bonds. The highest BCUT2D eigenvalue weighted by Crippen LogP contribution is 2.15. The minimum atomic E-state index is -5.08. The van der Waals surface area contributed by atoms with Crippen molar-refractivity contribution in [1.29, 1.82) is 0 Å². The molecule has 0 aromatic heterocycles. The van der Waals surface area contributed by atoms with E-state index in [0.717, 1.165) is 39.1 Å². The first-order valence-corrected chi connectivity index (χ1v) is 8.31. The van der Waals surface area contributed by atoms with Crippen molar-refractivity contribution in [1.82, 2.24) is 9.80 Å². The second-order valence-electron chi connectivity index (χ2n) is 6.03. The molecule has 1 saturated heterocycles. The van der Waals surface area contributed by atoms with E-state index < -0.39 is 18.1 Å². The lowest BCUT2D eigenvalue weighted by Gasteiger charge is -2.34. The molecule has 0 atom stereocenters. The second kappa shape index (κ2) is 10.2. The van der Waals surface area contributed by atoms with Gasteiger partial charge in [-0.1, -0.05) is 6.92 Å². The third kappa shape index (κ3) is 7.92. The first-order chi connectivity index (χ1) is 12.5. The number of hydrogen-bond donors (Lipinski definition) is 2. The fraction of sp³-hybridized carbons (Fsp3) is 0.529. The fourth-order valence-electron chi connectivity index (χ4n) is 2.56. The van der Waals surface area contributed by atoms with Crippen LogP contribution in [0.3, 0.4) is 0 Å². The molecule has 27 heavy (non-hydrogen) atoms. The summed E-state index contributed by atoms with van der Waals surface area (Å²) in [5.74, 6) is -4.10. The summed E-state index contributed by atoms with van der Waals surface area (Å²) in [4.78, 5) is 24.4. The maximum Gasteiger partial charge on any atom is 0.490 e. The van der Waals surface area contributed by atoms with Gasteiger partial charge in [0.1, 0.15) is 5.82 Å². The van der Waals surface area contributed by atoms with E-state index in [1.54, 1.807) is 0 Å². The lowest BCUT2D eigenvalue weighted by Crippen LogP contribution is -2.46. The Balaban J connectivity index is 0.000000445. The number of aliphatic carboxylic acids is 1. The maximum absolute atomic E-state index is 13.8. The number of alkyl halides is 3. The molecular weight excluding hydrogens is 372 g/mol. The van der Waals surface area contributed by atoms with Gasteiger partial charge in [0, 0.05) is 38.3 Å². The summed E-state index contributed by atoms with van der Waals surface area (Å²) < 4.78 is 45.5. The van der Waals surface area contributed by atoms with Crippen molar-refractivity contribution in [3.63, 3.8) is 0 Å². The molecule has 2 N–H and O–H groups in total. The number of hydrogen-bond acceptors (Lipinski definition) is 4. The number of halogens is 4. The normalized spacial score (nSPS) is 15.7. The summed E-state index contributed by atoms with van der Waals surface area (Å²) in [5.41, 5.74) is 0.611. The molecule has 1 aromatic rings. The quantitative estimate of drug-likeness (QED) is 0.748. The number of nitrogens with zero attached hydrogens (tertiary/aromatic N) is 2. The highest BCUT2D eigenvalue weighted by atomic mass is 19.4. The van der Waals surface area contributed by atoms with Crippen molar-refractivity contribution in [3.05, 3.63) is 35.1 Å². The molecule has 1 heterocycles. The molecule has 0 saturated carbocycles. The van der Waals surface area contributed by atoms with Gasteiger partial charge in [-0.25, -0.2) is 14.0 Å². The van der Waals surface area contributed by atoms with Crippen LogP contribution in [-0.2, 0) is 11.3 Å². The van der Waals surface area contributed by atoms with Crippen molar-refractivity contribution < 1.29 is 37.4 Å². The van der Waals surface area contributed by atoms with Crippen LogP contribution in [0.4, 0.5) is 17.6 Å². The number of carboxylic acids is 2. The standard InChI is InChI=1S/C15H21FN2O2.C2HF3O2/c1-2-5-17-6-8-18(9-7-17)11-13-10-12(15(19)20)3-4-14(13)16;3-2(4,5)1(6)7/h3-4,10H,2,5-9,11H2,1H3,(H,19,20);(H,6,7). The molecule has 0 spiro atoms. The van der Waals surface area contributed by atoms with E-state index in [1.165, 1.54) is 18.2 Å². The highest BCUT2D eigenvalue weighted by molar-refractivity contribution is 5.87. The summed E-state index contributed by atoms with van der Waals surface area (Å²) in [6.45, 7) is 7.54. The molecule has 1 aliphatic heterocycles. The Labute approximate surface area is 154 Å². The van der Waals surface area contributed by atoms with E-state index in [-0.39, 0.29) is 11.4 Å². The van der Waals surface area contributed by atoms with Gasteiger partial charge in [0.25, 0.3) is 0 Å². The Bertz CT molecular complexity index is 644. The Morgan fingerprint density at radius 1 is 1.07 bits per heavy atom. The van der Waals surface area contributed by atoms with E-state index in [2.05, 4.69) is 16.7 Å². The molecular formula is C17H22F4N2O4. The van der Waals surface area contributed by atoms with Crippen molar-refractivity contribution in [2.24, 2.45) is 0 Å². The lowest BCUT2D eigenvalue weighted by molar-refractivity contribution is -0.192. The van der Waals surface area contributed by atoms with Crippen LogP contribution in [0.25, 0.3) is 0 Å². The smallest absolute Gasteiger partial charge is 0.478 e. The first-order valence-electron chi connectivity index (χ1n) is 8.31. The van der Waals surface area contributed by atoms with Crippen LogP contribution >= 0.6 is 0 Å². The lowest BCUT2D eigenvalue weighted by atomic mass is 10.1. The fourth-order valence-corrected chi connectivity index (χ4v) is 2.56. The predicted octanol–water partition coefficient (Wildman–Crippen LogP) is 2.68. The average molecular weight is 394 g/mol. The summed E-state index contributed by atoms with van der Waals surface area (Å²) in [6, 6.07) is 3.99. The number of benzene rings is 1. The van der Waals surface area contributed by atoms with Crippen LogP contribution in [0.2, 0.25) is 0 Å². The topological polar surface area (TPSA) is 81.1 Å². The molecule has 6 nitrogen and oxygen atoms in total. The molecule has 1 aliphatic rings. The van der Waals surface area contributed by atoms with E-state index in [0.29, 0.717) is 12.1 Å². The summed E-state index contributed by atoms with van der Waals surface area (Å²) in [6.07, 6.45) is -3.94. The number of rotatable bonds is 5. The van der Waals surface area contributed by atoms with Crippen molar-refractivity contribution in [2.45, 2.75) is 26.1 Å². The predicted molar refractivity (Wildman–Crippen MR) is 89.1 cm³/mol. The van der Waals surface area contributed by atoms with Crippen LogP contribution < -0.4 is 0 Å². The summed E-state index contributed by atoms with van der Waals surface area (Å²) in [7, 11) is 0. The first kappa shape index (κ1) is 22.8. The third-order valence-corrected chi connectivity index (χ3v) is 3.93. The number of carbonyl (C=O) groups is 2. The zero-order valence-electron chi connectivity index (χ0n) is 14.8. The number of aromatic carboxylic acids is 1. The Hall–Kier alpha value is -2.20. The molecule has 1 aromatic carbocycles. The van der Waals surface area contributed by atoms with Crippen molar-refractivity contribution in [3.8, 4) is 0 Å². The van der Waals surface area contributed by atoms with Gasteiger partial charge in [-0.2, -0.15) is 13.2 Å². The molecule has 0 aliphatic carbocycles. The summed E-state index contributed by atoms with van der Waals surface area (Å²) >= 11 is 0. The molecule has 152 valence electrons. The Morgan fingerprint density at radius 3 is 2.04 bits per heavy atom. The van der Waals surface area contributed by atoms with Gasteiger partial charge in [-0.3, -0.25) is 4.90 Å². The molecule has 2 rings (SSSR count). The van der Waals surface area contributed by atoms with E-state index in [9.17, 15) is 22.4 Å². The number of piperazine rings is 1.